The molecule has 0 saturated carbocycles. The molecule has 0 unspecified atom stereocenters. The minimum absolute atomic E-state index is 0.0923. The van der Waals surface area contributed by atoms with Crippen molar-refractivity contribution in [2.45, 2.75) is 60.9 Å². The lowest BCUT2D eigenvalue weighted by atomic mass is 9.12. The molecule has 0 radical (unpaired) electrons. The average Bonchev–Trinajstić information content (AvgIpc) is 3.43. The maximum Gasteiger partial charge on any atom is 0.416 e. The van der Waals surface area contributed by atoms with Crippen molar-refractivity contribution in [3.8, 4) is 11.3 Å². The van der Waals surface area contributed by atoms with Gasteiger partial charge in [0.15, 0.2) is 6.20 Å². The van der Waals surface area contributed by atoms with Crippen LogP contribution in [0.25, 0.3) is 11.3 Å². The molecular weight excluding hydrogens is 1140 g/mol. The molecule has 28 heteroatoms. The summed E-state index contributed by atoms with van der Waals surface area (Å²) in [6, 6.07) is 14.4. The molecule has 7 rings (SSSR count). The molecule has 1 aromatic heterocycles. The number of benzene rings is 6. The number of alkyl halides is 24. The standard InChI is InChI=1S/C32H12BF24.C19H15NOS/c34-25(35,36)13-1-14(26(37,38)39)6-21(5-13)33(22-7-15(27(40,41)42)2-16(8-22)28(43,44)45,23-9-17(29(46,47)48)3-18(10-23)30(49,50)51)24-11-19(31(52,53)54)4-20(12-24)32(55,56)57;21-18(15-8-2-1-3-9-15)14-20-13-7-6-11-17(20)16-10-4-5-12-19(16)22/h1-12H;1-13H,14H2/q-1;/p+1. The van der Waals surface area contributed by atoms with Crippen molar-refractivity contribution in [3.63, 3.8) is 0 Å². The van der Waals surface area contributed by atoms with Crippen molar-refractivity contribution >= 4 is 46.4 Å². The zero-order chi connectivity index (χ0) is 59.3. The molecule has 1 heterocycles. The molecule has 0 fully saturated rings. The largest absolute Gasteiger partial charge is 0.416 e. The number of nitrogens with zero attached hydrogens (tertiary/aromatic N) is 1. The zero-order valence-corrected chi connectivity index (χ0v) is 39.5. The van der Waals surface area contributed by atoms with Gasteiger partial charge in [-0.2, -0.15) is 132 Å². The minimum Gasteiger partial charge on any atom is -0.287 e. The van der Waals surface area contributed by atoms with E-state index < -0.39 is 195 Å². The molecule has 0 amide bonds. The number of carbonyl (C=O) groups is 1. The summed E-state index contributed by atoms with van der Waals surface area (Å²) in [6.45, 7) is 0.308. The van der Waals surface area contributed by atoms with E-state index in [1.807, 2.05) is 83.6 Å². The summed E-state index contributed by atoms with van der Waals surface area (Å²) in [5.41, 5.74) is -27.5. The van der Waals surface area contributed by atoms with Gasteiger partial charge in [-0.05, 0) is 42.5 Å². The Morgan fingerprint density at radius 2 is 0.620 bits per heavy atom. The summed E-state index contributed by atoms with van der Waals surface area (Å²) in [5.74, 6) is 0.0923. The summed E-state index contributed by atoms with van der Waals surface area (Å²) >= 11 is 4.52. The molecule has 6 aromatic carbocycles. The Kier molecular flexibility index (Phi) is 16.6. The van der Waals surface area contributed by atoms with Crippen LogP contribution in [-0.2, 0) is 56.0 Å². The first kappa shape index (κ1) is 61.1. The first-order valence-electron chi connectivity index (χ1n) is 21.7. The Bertz CT molecular complexity index is 2910. The third-order valence-corrected chi connectivity index (χ3v) is 12.4. The summed E-state index contributed by atoms with van der Waals surface area (Å²) < 4.78 is 343. The Balaban J connectivity index is 0.000000378. The van der Waals surface area contributed by atoms with Crippen molar-refractivity contribution in [3.05, 3.63) is 202 Å². The number of carbonyl (C=O) groups excluding carboxylic acids is 1. The third-order valence-electron chi connectivity index (χ3n) is 12.0. The highest BCUT2D eigenvalue weighted by Gasteiger charge is 2.47. The highest BCUT2D eigenvalue weighted by atomic mass is 32.1. The molecular formula is C51H28BF24NOS. The molecule has 2 nitrogen and oxygen atoms in total. The lowest BCUT2D eigenvalue weighted by molar-refractivity contribution is -0.672. The van der Waals surface area contributed by atoms with Gasteiger partial charge >= 0.3 is 49.4 Å². The van der Waals surface area contributed by atoms with Gasteiger partial charge in [0.2, 0.25) is 18.0 Å². The van der Waals surface area contributed by atoms with Crippen molar-refractivity contribution in [2.24, 2.45) is 0 Å². The summed E-state index contributed by atoms with van der Waals surface area (Å²) in [5, 5.41) is 0. The van der Waals surface area contributed by atoms with Gasteiger partial charge in [-0.15, -0.1) is 12.6 Å². The van der Waals surface area contributed by atoms with Crippen LogP contribution in [0.15, 0.2) is 157 Å². The fourth-order valence-electron chi connectivity index (χ4n) is 8.49. The van der Waals surface area contributed by atoms with E-state index in [2.05, 4.69) is 12.6 Å². The first-order chi connectivity index (χ1) is 36.0. The molecule has 0 N–H and O–H groups in total. The van der Waals surface area contributed by atoms with E-state index in [4.69, 9.17) is 0 Å². The van der Waals surface area contributed by atoms with E-state index >= 15 is 0 Å². The highest BCUT2D eigenvalue weighted by Crippen LogP contribution is 2.41. The number of hydrogen-bond donors (Lipinski definition) is 1. The second-order valence-corrected chi connectivity index (χ2v) is 17.7. The fraction of sp³-hybridized carbons (Fsp3) is 0.176. The van der Waals surface area contributed by atoms with Crippen LogP contribution in [-0.4, -0.2) is 11.9 Å². The monoisotopic (exact) mass is 1170 g/mol. The predicted molar refractivity (Wildman–Crippen MR) is 240 cm³/mol. The third kappa shape index (κ3) is 14.0. The van der Waals surface area contributed by atoms with Crippen molar-refractivity contribution < 1.29 is 115 Å². The SMILES string of the molecule is FC(F)(F)c1cc([B-](c2cc(C(F)(F)F)cc(C(F)(F)F)c2)(c2cc(C(F)(F)F)cc(C(F)(F)F)c2)c2cc(C(F)(F)F)cc(C(F)(F)F)c2)cc(C(F)(F)F)c1.O=C(C[n+]1ccccc1-c1ccccc1S)c1ccccc1. The van der Waals surface area contributed by atoms with E-state index in [1.165, 1.54) is 0 Å². The van der Waals surface area contributed by atoms with Crippen molar-refractivity contribution in [1.29, 1.82) is 0 Å². The van der Waals surface area contributed by atoms with Gasteiger partial charge in [-0.3, -0.25) is 4.79 Å². The van der Waals surface area contributed by atoms with Gasteiger partial charge in [0, 0.05) is 22.6 Å². The molecule has 7 aromatic rings. The lowest BCUT2D eigenvalue weighted by Gasteiger charge is -2.46. The van der Waals surface area contributed by atoms with Crippen LogP contribution >= 0.6 is 12.6 Å². The normalized spacial score (nSPS) is 13.2. The first-order valence-corrected chi connectivity index (χ1v) is 22.2. The van der Waals surface area contributed by atoms with Crippen LogP contribution < -0.4 is 26.4 Å². The number of pyridine rings is 1. The van der Waals surface area contributed by atoms with Crippen molar-refractivity contribution in [2.75, 3.05) is 0 Å². The molecule has 0 aliphatic rings. The molecule has 0 aliphatic carbocycles. The summed E-state index contributed by atoms with van der Waals surface area (Å²) in [7, 11) is 0. The van der Waals surface area contributed by atoms with Crippen molar-refractivity contribution in [1.82, 2.24) is 0 Å². The minimum atomic E-state index is -6.13. The van der Waals surface area contributed by atoms with Gasteiger partial charge < -0.3 is 0 Å². The smallest absolute Gasteiger partial charge is 0.287 e. The number of ketones is 1. The molecule has 0 spiro atoms. The molecule has 0 atom stereocenters. The fourth-order valence-corrected chi connectivity index (χ4v) is 8.76. The summed E-state index contributed by atoms with van der Waals surface area (Å²) in [4.78, 5) is 13.3. The van der Waals surface area contributed by atoms with Crippen LogP contribution in [0.1, 0.15) is 54.9 Å². The quantitative estimate of drug-likeness (QED) is 0.0529. The average molecular weight is 1170 g/mol. The van der Waals surface area contributed by atoms with E-state index in [9.17, 15) is 110 Å². The molecule has 0 bridgehead atoms. The summed E-state index contributed by atoms with van der Waals surface area (Å²) in [6.07, 6.45) is -52.9. The number of aromatic nitrogens is 1. The Hall–Kier alpha value is -7.13. The van der Waals surface area contributed by atoms with Gasteiger partial charge in [0.1, 0.15) is 6.15 Å². The van der Waals surface area contributed by atoms with Crippen LogP contribution in [0, 0.1) is 0 Å². The van der Waals surface area contributed by atoms with E-state index in [0.717, 1.165) is 21.7 Å². The molecule has 0 saturated heterocycles. The number of rotatable bonds is 8. The van der Waals surface area contributed by atoms with Gasteiger partial charge in [-0.25, -0.2) is 0 Å². The van der Waals surface area contributed by atoms with Crippen LogP contribution in [0.2, 0.25) is 0 Å². The lowest BCUT2D eigenvalue weighted by Crippen LogP contribution is -2.75. The van der Waals surface area contributed by atoms with Crippen LogP contribution in [0.5, 0.6) is 0 Å². The molecule has 79 heavy (non-hydrogen) atoms. The van der Waals surface area contributed by atoms with Gasteiger partial charge in [-0.1, -0.05) is 91.0 Å². The molecule has 0 aliphatic heterocycles. The highest BCUT2D eigenvalue weighted by molar-refractivity contribution is 7.80. The van der Waals surface area contributed by atoms with Crippen LogP contribution in [0.4, 0.5) is 105 Å². The maximum absolute atomic E-state index is 14.2. The molecule has 420 valence electrons. The van der Waals surface area contributed by atoms with E-state index in [1.54, 1.807) is 0 Å². The van der Waals surface area contributed by atoms with Gasteiger partial charge in [0.05, 0.1) is 50.1 Å². The zero-order valence-electron chi connectivity index (χ0n) is 38.6. The Morgan fingerprint density at radius 1 is 0.354 bits per heavy atom. The topological polar surface area (TPSA) is 20.9 Å². The number of Topliss-reactive ketones (excluding diaryl/α,β-unsaturated/α-hetero) is 1. The Labute approximate surface area is 434 Å². The Morgan fingerprint density at radius 3 is 0.899 bits per heavy atom. The second-order valence-electron chi connectivity index (χ2n) is 17.2. The number of hydrogen-bond acceptors (Lipinski definition) is 2. The maximum atomic E-state index is 14.2. The van der Waals surface area contributed by atoms with Crippen LogP contribution in [0.3, 0.4) is 0 Å². The number of halogens is 24. The van der Waals surface area contributed by atoms with E-state index in [0.29, 0.717) is 6.54 Å². The number of thiol groups is 1. The predicted octanol–water partition coefficient (Wildman–Crippen LogP) is 15.0. The van der Waals surface area contributed by atoms with E-state index in [-0.39, 0.29) is 5.78 Å². The van der Waals surface area contributed by atoms with Gasteiger partial charge in [0.25, 0.3) is 0 Å². The second kappa shape index (κ2) is 21.5.